The predicted molar refractivity (Wildman–Crippen MR) is 199 cm³/mol. The van der Waals surface area contributed by atoms with Crippen LogP contribution in [0.25, 0.3) is 88.4 Å². The fourth-order valence-corrected chi connectivity index (χ4v) is 7.21. The molecule has 0 unspecified atom stereocenters. The molecule has 4 nitrogen and oxygen atoms in total. The van der Waals surface area contributed by atoms with Crippen molar-refractivity contribution >= 4 is 54.4 Å². The van der Waals surface area contributed by atoms with Gasteiger partial charge in [-0.3, -0.25) is 4.57 Å². The number of fused-ring (bicyclic) bond motifs is 6. The Morgan fingerprint density at radius 3 is 1.92 bits per heavy atom. The van der Waals surface area contributed by atoms with Crippen molar-refractivity contribution in [3.8, 4) is 34.0 Å². The molecule has 10 aromatic rings. The van der Waals surface area contributed by atoms with Gasteiger partial charge in [-0.2, -0.15) is 0 Å². The minimum absolute atomic E-state index is 0.663. The van der Waals surface area contributed by atoms with Crippen molar-refractivity contribution < 1.29 is 0 Å². The van der Waals surface area contributed by atoms with E-state index in [0.717, 1.165) is 38.9 Å². The van der Waals surface area contributed by atoms with Crippen molar-refractivity contribution in [2.24, 2.45) is 0 Å². The number of hydrogen-bond donors (Lipinski definition) is 0. The lowest BCUT2D eigenvalue weighted by atomic mass is 9.98. The summed E-state index contributed by atoms with van der Waals surface area (Å²) in [7, 11) is 0. The number of nitrogens with zero attached hydrogens (tertiary/aromatic N) is 4. The number of para-hydroxylation sites is 3. The Hall–Kier alpha value is -6.52. The average molecular weight is 613 g/mol. The van der Waals surface area contributed by atoms with Crippen molar-refractivity contribution in [3.05, 3.63) is 170 Å². The molecule has 0 radical (unpaired) electrons. The Kier molecular flexibility index (Phi) is 5.84. The quantitative estimate of drug-likeness (QED) is 0.198. The summed E-state index contributed by atoms with van der Waals surface area (Å²) in [4.78, 5) is 10.6. The first-order valence-electron chi connectivity index (χ1n) is 16.2. The molecule has 7 aromatic carbocycles. The second-order valence-electron chi connectivity index (χ2n) is 12.3. The van der Waals surface area contributed by atoms with E-state index in [4.69, 9.17) is 9.97 Å². The minimum Gasteiger partial charge on any atom is -0.317 e. The van der Waals surface area contributed by atoms with E-state index >= 15 is 0 Å². The molecule has 0 amide bonds. The lowest BCUT2D eigenvalue weighted by Gasteiger charge is -2.13. The zero-order valence-corrected chi connectivity index (χ0v) is 26.0. The molecular weight excluding hydrogens is 585 g/mol. The van der Waals surface area contributed by atoms with E-state index in [1.807, 2.05) is 0 Å². The maximum Gasteiger partial charge on any atom is 0.235 e. The van der Waals surface area contributed by atoms with E-state index in [9.17, 15) is 0 Å². The van der Waals surface area contributed by atoms with E-state index in [-0.39, 0.29) is 0 Å². The van der Waals surface area contributed by atoms with E-state index in [0.29, 0.717) is 5.95 Å². The van der Waals surface area contributed by atoms with Crippen LogP contribution < -0.4 is 0 Å². The van der Waals surface area contributed by atoms with Gasteiger partial charge in [0.15, 0.2) is 0 Å². The highest BCUT2D eigenvalue weighted by atomic mass is 15.2. The van der Waals surface area contributed by atoms with Crippen LogP contribution in [0, 0.1) is 0 Å². The van der Waals surface area contributed by atoms with Crippen molar-refractivity contribution in [1.82, 2.24) is 19.1 Å². The van der Waals surface area contributed by atoms with Crippen LogP contribution in [0.3, 0.4) is 0 Å². The lowest BCUT2D eigenvalue weighted by molar-refractivity contribution is 1.01. The van der Waals surface area contributed by atoms with Gasteiger partial charge in [-0.25, -0.2) is 9.97 Å². The normalized spacial score (nSPS) is 11.8. The maximum absolute atomic E-state index is 5.37. The van der Waals surface area contributed by atoms with Crippen LogP contribution in [-0.4, -0.2) is 19.1 Å². The smallest absolute Gasteiger partial charge is 0.235 e. The SMILES string of the molecule is c1ccc(-c2ccc3cc(-c4nc(-n5c6ccccc6c6cc7c(ccn7-c7ccccc7)cc65)nc5ccccc45)ccc3c2)cc1. The van der Waals surface area contributed by atoms with Gasteiger partial charge in [0.05, 0.1) is 27.8 Å². The molecule has 0 spiro atoms. The van der Waals surface area contributed by atoms with Crippen molar-refractivity contribution in [2.75, 3.05) is 0 Å². The summed E-state index contributed by atoms with van der Waals surface area (Å²) in [6.45, 7) is 0. The molecule has 0 saturated heterocycles. The van der Waals surface area contributed by atoms with Crippen molar-refractivity contribution in [2.45, 2.75) is 0 Å². The zero-order valence-electron chi connectivity index (χ0n) is 26.0. The summed E-state index contributed by atoms with van der Waals surface area (Å²) in [6, 6.07) is 58.1. The van der Waals surface area contributed by atoms with Gasteiger partial charge in [0.25, 0.3) is 0 Å². The molecule has 3 heterocycles. The van der Waals surface area contributed by atoms with Gasteiger partial charge in [-0.15, -0.1) is 0 Å². The van der Waals surface area contributed by atoms with E-state index in [2.05, 4.69) is 179 Å². The highest BCUT2D eigenvalue weighted by Gasteiger charge is 2.19. The van der Waals surface area contributed by atoms with Crippen LogP contribution in [0.1, 0.15) is 0 Å². The van der Waals surface area contributed by atoms with Gasteiger partial charge in [-0.1, -0.05) is 109 Å². The molecule has 0 aliphatic carbocycles. The van der Waals surface area contributed by atoms with Crippen molar-refractivity contribution in [1.29, 1.82) is 0 Å². The molecule has 0 aliphatic heterocycles. The Morgan fingerprint density at radius 1 is 0.396 bits per heavy atom. The molecule has 48 heavy (non-hydrogen) atoms. The third-order valence-corrected chi connectivity index (χ3v) is 9.53. The molecule has 0 saturated carbocycles. The molecule has 0 atom stereocenters. The molecule has 224 valence electrons. The van der Waals surface area contributed by atoms with Crippen LogP contribution in [-0.2, 0) is 0 Å². The topological polar surface area (TPSA) is 35.6 Å². The molecule has 0 fully saturated rings. The number of rotatable bonds is 4. The van der Waals surface area contributed by atoms with Crippen LogP contribution in [0.4, 0.5) is 0 Å². The monoisotopic (exact) mass is 612 g/mol. The molecule has 10 rings (SSSR count). The lowest BCUT2D eigenvalue weighted by Crippen LogP contribution is -2.03. The summed E-state index contributed by atoms with van der Waals surface area (Å²) in [5.41, 5.74) is 9.82. The Morgan fingerprint density at radius 2 is 1.08 bits per heavy atom. The van der Waals surface area contributed by atoms with Crippen LogP contribution in [0.5, 0.6) is 0 Å². The Labute approximate surface area is 276 Å². The number of aromatic nitrogens is 4. The van der Waals surface area contributed by atoms with Gasteiger partial charge < -0.3 is 4.57 Å². The standard InChI is InChI=1S/C44H28N4/c1-3-11-29(12-4-1)30-19-20-32-26-34(22-21-31(32)25-30)43-37-16-7-9-17-39(37)45-44(46-43)48-40-18-10-8-15-36(40)38-28-41-33(27-42(38)48)23-24-47(41)35-13-5-2-6-14-35/h1-28H. The van der Waals surface area contributed by atoms with Crippen molar-refractivity contribution in [3.63, 3.8) is 0 Å². The summed E-state index contributed by atoms with van der Waals surface area (Å²) >= 11 is 0. The second-order valence-corrected chi connectivity index (χ2v) is 12.3. The summed E-state index contributed by atoms with van der Waals surface area (Å²) < 4.78 is 4.49. The van der Waals surface area contributed by atoms with Gasteiger partial charge in [0, 0.05) is 39.0 Å². The van der Waals surface area contributed by atoms with E-state index in [1.165, 1.54) is 43.6 Å². The molecular formula is C44H28N4. The molecule has 3 aromatic heterocycles. The maximum atomic E-state index is 5.37. The van der Waals surface area contributed by atoms with Gasteiger partial charge in [-0.05, 0) is 76.5 Å². The third kappa shape index (κ3) is 4.16. The first-order chi connectivity index (χ1) is 23.8. The fraction of sp³-hybridized carbons (Fsp3) is 0. The highest BCUT2D eigenvalue weighted by Crippen LogP contribution is 2.37. The summed E-state index contributed by atoms with van der Waals surface area (Å²) in [5, 5.41) is 6.93. The predicted octanol–water partition coefficient (Wildman–Crippen LogP) is 11.2. The molecule has 0 aliphatic rings. The first kappa shape index (κ1) is 26.7. The summed E-state index contributed by atoms with van der Waals surface area (Å²) in [5.74, 6) is 0.663. The van der Waals surface area contributed by atoms with E-state index < -0.39 is 0 Å². The van der Waals surface area contributed by atoms with Gasteiger partial charge in [0.1, 0.15) is 0 Å². The molecule has 0 bridgehead atoms. The minimum atomic E-state index is 0.663. The van der Waals surface area contributed by atoms with Gasteiger partial charge >= 0.3 is 0 Å². The molecule has 0 N–H and O–H groups in total. The van der Waals surface area contributed by atoms with Crippen LogP contribution in [0.2, 0.25) is 0 Å². The first-order valence-corrected chi connectivity index (χ1v) is 16.2. The second kappa shape index (κ2) is 10.5. The van der Waals surface area contributed by atoms with Crippen LogP contribution >= 0.6 is 0 Å². The Bertz CT molecular complexity index is 2830. The third-order valence-electron chi connectivity index (χ3n) is 9.53. The average Bonchev–Trinajstić information content (AvgIpc) is 3.72. The van der Waals surface area contributed by atoms with Crippen LogP contribution in [0.15, 0.2) is 170 Å². The molecule has 4 heteroatoms. The van der Waals surface area contributed by atoms with Gasteiger partial charge in [0.2, 0.25) is 5.95 Å². The number of hydrogen-bond acceptors (Lipinski definition) is 2. The highest BCUT2D eigenvalue weighted by molar-refractivity contribution is 6.13. The fourth-order valence-electron chi connectivity index (χ4n) is 7.21. The van der Waals surface area contributed by atoms with E-state index in [1.54, 1.807) is 0 Å². The zero-order chi connectivity index (χ0) is 31.6. The summed E-state index contributed by atoms with van der Waals surface area (Å²) in [6.07, 6.45) is 2.15. The Balaban J connectivity index is 1.19. The number of benzene rings is 7. The largest absolute Gasteiger partial charge is 0.317 e.